The zero-order valence-electron chi connectivity index (χ0n) is 20.9. The SMILES string of the molecule is CCCCCC(=O)C[C@@H](C)NC(=O)c1ccc(/C=C/C(c2cc(Cl)c(Cl)c(Cl)c2)C(F)(F)F)cc1C(F)(F)F. The lowest BCUT2D eigenvalue weighted by atomic mass is 9.96. The lowest BCUT2D eigenvalue weighted by Gasteiger charge is -2.19. The number of alkyl halides is 6. The molecule has 12 heteroatoms. The minimum atomic E-state index is -4.98. The van der Waals surface area contributed by atoms with Gasteiger partial charge in [0.05, 0.1) is 32.1 Å². The molecule has 2 aromatic rings. The Hall–Kier alpha value is -2.23. The Bertz CT molecular complexity index is 1190. The molecule has 0 aliphatic carbocycles. The van der Waals surface area contributed by atoms with E-state index >= 15 is 0 Å². The van der Waals surface area contributed by atoms with Gasteiger partial charge in [0.1, 0.15) is 5.78 Å². The second-order valence-electron chi connectivity index (χ2n) is 9.05. The molecule has 1 amide bonds. The van der Waals surface area contributed by atoms with Crippen molar-refractivity contribution in [1.82, 2.24) is 5.32 Å². The van der Waals surface area contributed by atoms with Crippen molar-refractivity contribution in [2.24, 2.45) is 0 Å². The maximum atomic E-state index is 13.8. The summed E-state index contributed by atoms with van der Waals surface area (Å²) in [4.78, 5) is 24.7. The van der Waals surface area contributed by atoms with Crippen LogP contribution in [0.5, 0.6) is 0 Å². The van der Waals surface area contributed by atoms with Gasteiger partial charge in [-0.1, -0.05) is 72.8 Å². The number of hydrogen-bond donors (Lipinski definition) is 1. The van der Waals surface area contributed by atoms with E-state index in [-0.39, 0.29) is 38.4 Å². The predicted octanol–water partition coefficient (Wildman–Crippen LogP) is 9.68. The van der Waals surface area contributed by atoms with E-state index in [4.69, 9.17) is 34.8 Å². The van der Waals surface area contributed by atoms with E-state index in [1.807, 2.05) is 6.92 Å². The number of hydrogen-bond acceptors (Lipinski definition) is 2. The van der Waals surface area contributed by atoms with Gasteiger partial charge in [-0.3, -0.25) is 9.59 Å². The fourth-order valence-corrected chi connectivity index (χ4v) is 4.45. The minimum absolute atomic E-state index is 0.0326. The predicted molar refractivity (Wildman–Crippen MR) is 141 cm³/mol. The van der Waals surface area contributed by atoms with Gasteiger partial charge in [0.2, 0.25) is 0 Å². The Morgan fingerprint density at radius 1 is 0.974 bits per heavy atom. The van der Waals surface area contributed by atoms with Crippen LogP contribution in [0.15, 0.2) is 36.4 Å². The number of ketones is 1. The van der Waals surface area contributed by atoms with Gasteiger partial charge in [-0.25, -0.2) is 0 Å². The summed E-state index contributed by atoms with van der Waals surface area (Å²) in [5.41, 5.74) is -2.62. The number of benzene rings is 2. The van der Waals surface area contributed by atoms with Crippen molar-refractivity contribution < 1.29 is 35.9 Å². The molecule has 0 spiro atoms. The van der Waals surface area contributed by atoms with Crippen LogP contribution in [-0.4, -0.2) is 23.9 Å². The molecule has 0 fully saturated rings. The summed E-state index contributed by atoms with van der Waals surface area (Å²) in [6.07, 6.45) is -5.51. The van der Waals surface area contributed by atoms with Gasteiger partial charge in [-0.2, -0.15) is 26.3 Å². The second kappa shape index (κ2) is 13.9. The van der Waals surface area contributed by atoms with Crippen LogP contribution in [0.1, 0.15) is 78.9 Å². The summed E-state index contributed by atoms with van der Waals surface area (Å²) in [5.74, 6) is -3.42. The number of rotatable bonds is 11. The van der Waals surface area contributed by atoms with Crippen LogP contribution >= 0.6 is 34.8 Å². The summed E-state index contributed by atoms with van der Waals surface area (Å²) < 4.78 is 82.8. The Morgan fingerprint density at radius 2 is 1.59 bits per heavy atom. The van der Waals surface area contributed by atoms with Gasteiger partial charge in [-0.05, 0) is 48.7 Å². The molecule has 2 aromatic carbocycles. The number of halogens is 9. The highest BCUT2D eigenvalue weighted by Gasteiger charge is 2.40. The maximum Gasteiger partial charge on any atom is 0.417 e. The Balaban J connectivity index is 2.32. The van der Waals surface area contributed by atoms with Gasteiger partial charge < -0.3 is 5.32 Å². The first-order chi connectivity index (χ1) is 18.0. The van der Waals surface area contributed by atoms with Gasteiger partial charge in [0.15, 0.2) is 0 Å². The first-order valence-corrected chi connectivity index (χ1v) is 13.1. The van der Waals surface area contributed by atoms with Crippen LogP contribution in [0.4, 0.5) is 26.3 Å². The Kier molecular flexibility index (Phi) is 11.8. The third-order valence-corrected chi connectivity index (χ3v) is 6.96. The van der Waals surface area contributed by atoms with Crippen molar-refractivity contribution in [2.45, 2.75) is 70.3 Å². The Morgan fingerprint density at radius 3 is 2.13 bits per heavy atom. The topological polar surface area (TPSA) is 46.2 Å². The van der Waals surface area contributed by atoms with Crippen molar-refractivity contribution in [1.29, 1.82) is 0 Å². The molecule has 3 nitrogen and oxygen atoms in total. The molecule has 0 aliphatic rings. The van der Waals surface area contributed by atoms with E-state index in [9.17, 15) is 35.9 Å². The maximum absolute atomic E-state index is 13.8. The quantitative estimate of drug-likeness (QED) is 0.155. The monoisotopic (exact) mass is 615 g/mol. The standard InChI is InChI=1S/C27H26Cl3F6NO2/c1-3-4-5-6-18(38)11-15(2)37-25(39)19-9-7-16(12-21(19)27(34,35)36)8-10-20(26(31,32)33)17-13-22(28)24(30)23(29)14-17/h7-10,12-15,20H,3-6,11H2,1-2H3,(H,37,39)/b10-8+/t15-,20?/m1/s1. The highest BCUT2D eigenvalue weighted by molar-refractivity contribution is 6.48. The van der Waals surface area contributed by atoms with E-state index in [0.717, 1.165) is 43.2 Å². The van der Waals surface area contributed by atoms with E-state index in [1.165, 1.54) is 6.92 Å². The molecule has 39 heavy (non-hydrogen) atoms. The number of carbonyl (C=O) groups is 2. The molecular weight excluding hydrogens is 591 g/mol. The summed E-state index contributed by atoms with van der Waals surface area (Å²) in [5, 5.41) is 1.83. The molecule has 0 aromatic heterocycles. The molecular formula is C27H26Cl3F6NO2. The molecule has 0 bridgehead atoms. The van der Waals surface area contributed by atoms with Crippen LogP contribution < -0.4 is 5.32 Å². The number of unbranched alkanes of at least 4 members (excludes halogenated alkanes) is 2. The van der Waals surface area contributed by atoms with Gasteiger partial charge in [0.25, 0.3) is 5.91 Å². The number of allylic oxidation sites excluding steroid dienone is 1. The van der Waals surface area contributed by atoms with Crippen LogP contribution in [0.25, 0.3) is 6.08 Å². The second-order valence-corrected chi connectivity index (χ2v) is 10.2. The van der Waals surface area contributed by atoms with Crippen LogP contribution in [0, 0.1) is 0 Å². The van der Waals surface area contributed by atoms with E-state index < -0.39 is 41.3 Å². The molecule has 0 aliphatic heterocycles. The van der Waals surface area contributed by atoms with Crippen molar-refractivity contribution in [3.63, 3.8) is 0 Å². The van der Waals surface area contributed by atoms with Crippen LogP contribution in [0.3, 0.4) is 0 Å². The summed E-state index contributed by atoms with van der Waals surface area (Å²) in [6.45, 7) is 3.49. The fraction of sp³-hybridized carbons (Fsp3) is 0.407. The minimum Gasteiger partial charge on any atom is -0.349 e. The van der Waals surface area contributed by atoms with Crippen molar-refractivity contribution >= 4 is 52.6 Å². The molecule has 0 saturated heterocycles. The van der Waals surface area contributed by atoms with Crippen molar-refractivity contribution in [2.75, 3.05) is 0 Å². The molecule has 2 atom stereocenters. The van der Waals surface area contributed by atoms with Crippen LogP contribution in [-0.2, 0) is 11.0 Å². The first-order valence-electron chi connectivity index (χ1n) is 12.0. The number of amides is 1. The molecule has 2 rings (SSSR count). The molecule has 1 unspecified atom stereocenters. The molecule has 0 saturated carbocycles. The average molecular weight is 617 g/mol. The molecule has 0 radical (unpaired) electrons. The van der Waals surface area contributed by atoms with Gasteiger partial charge >= 0.3 is 12.4 Å². The largest absolute Gasteiger partial charge is 0.417 e. The zero-order chi connectivity index (χ0) is 29.5. The third kappa shape index (κ3) is 9.72. The number of nitrogens with one attached hydrogen (secondary N) is 1. The molecule has 1 N–H and O–H groups in total. The van der Waals surface area contributed by atoms with Crippen molar-refractivity contribution in [3.8, 4) is 0 Å². The average Bonchev–Trinajstić information content (AvgIpc) is 2.81. The molecule has 214 valence electrons. The first kappa shape index (κ1) is 33.0. The molecule has 0 heterocycles. The normalized spacial score (nSPS) is 13.9. The lowest BCUT2D eigenvalue weighted by Crippen LogP contribution is -2.35. The highest BCUT2D eigenvalue weighted by Crippen LogP contribution is 2.41. The van der Waals surface area contributed by atoms with E-state index in [0.29, 0.717) is 25.0 Å². The van der Waals surface area contributed by atoms with Crippen molar-refractivity contribution in [3.05, 3.63) is 73.7 Å². The third-order valence-electron chi connectivity index (χ3n) is 5.76. The zero-order valence-corrected chi connectivity index (χ0v) is 23.2. The Labute approximate surface area is 237 Å². The fourth-order valence-electron chi connectivity index (χ4n) is 3.84. The highest BCUT2D eigenvalue weighted by atomic mass is 35.5. The lowest BCUT2D eigenvalue weighted by molar-refractivity contribution is -0.139. The number of Topliss-reactive ketones (excluding diaryl/α,β-unsaturated/α-hetero) is 1. The van der Waals surface area contributed by atoms with Gasteiger partial charge in [-0.15, -0.1) is 0 Å². The summed E-state index contributed by atoms with van der Waals surface area (Å²) >= 11 is 17.5. The van der Waals surface area contributed by atoms with E-state index in [1.54, 1.807) is 0 Å². The van der Waals surface area contributed by atoms with Gasteiger partial charge in [0, 0.05) is 18.9 Å². The summed E-state index contributed by atoms with van der Waals surface area (Å²) in [7, 11) is 0. The summed E-state index contributed by atoms with van der Waals surface area (Å²) in [6, 6.07) is 3.80. The smallest absolute Gasteiger partial charge is 0.349 e. The number of carbonyl (C=O) groups excluding carboxylic acids is 2. The van der Waals surface area contributed by atoms with Crippen LogP contribution in [0.2, 0.25) is 15.1 Å². The van der Waals surface area contributed by atoms with E-state index in [2.05, 4.69) is 5.32 Å².